The van der Waals surface area contributed by atoms with Gasteiger partial charge in [0.25, 0.3) is 0 Å². The monoisotopic (exact) mass is 282 g/mol. The van der Waals surface area contributed by atoms with Gasteiger partial charge in [-0.1, -0.05) is 0 Å². The molecule has 0 N–H and O–H groups in total. The molecule has 1 saturated heterocycles. The summed E-state index contributed by atoms with van der Waals surface area (Å²) in [7, 11) is 0. The molecule has 0 aromatic carbocycles. The molecule has 0 unspecified atom stereocenters. The summed E-state index contributed by atoms with van der Waals surface area (Å²) in [5.41, 5.74) is -0.585. The molecule has 112 valence electrons. The van der Waals surface area contributed by atoms with Gasteiger partial charge in [-0.3, -0.25) is 0 Å². The number of hydrogen-bond donors (Lipinski definition) is 0. The molecule has 1 heterocycles. The summed E-state index contributed by atoms with van der Waals surface area (Å²) in [6.45, 7) is 1.80. The summed E-state index contributed by atoms with van der Waals surface area (Å²) in [5.74, 6) is 0. The Kier molecular flexibility index (Phi) is 5.12. The van der Waals surface area contributed by atoms with Gasteiger partial charge in [-0.25, -0.2) is 4.79 Å². The lowest BCUT2D eigenvalue weighted by atomic mass is 9.91. The predicted molar refractivity (Wildman–Crippen MR) is 69.1 cm³/mol. The molecular weight excluding hydrogens is 260 g/mol. The van der Waals surface area contributed by atoms with Crippen LogP contribution in [0.25, 0.3) is 0 Å². The van der Waals surface area contributed by atoms with Crippen molar-refractivity contribution in [2.45, 2.75) is 32.8 Å². The van der Waals surface area contributed by atoms with Crippen molar-refractivity contribution in [1.29, 1.82) is 0 Å². The third kappa shape index (κ3) is 6.70. The van der Waals surface area contributed by atoms with E-state index in [4.69, 9.17) is 4.74 Å². The molecule has 1 fully saturated rings. The van der Waals surface area contributed by atoms with Gasteiger partial charge in [0.1, 0.15) is 5.60 Å². The molecule has 0 aromatic rings. The Bertz CT molecular complexity index is 324. The zero-order valence-electron chi connectivity index (χ0n) is 12.7. The number of carbonyl (C=O) groups is 1. The lowest BCUT2D eigenvalue weighted by Gasteiger charge is -2.27. The standard InChI is InChI=1S/C11H21BF3N2O2/c1-11(2,3)19-10(18)17-6-4-5-16(7-8-17)9-12(13,14)15/h4-9H2,1-3H3/q-1/p+1. The molecule has 4 nitrogen and oxygen atoms in total. The lowest BCUT2D eigenvalue weighted by Crippen LogP contribution is -2.42. The van der Waals surface area contributed by atoms with Crippen LogP contribution in [0.2, 0.25) is 0 Å². The molecule has 19 heavy (non-hydrogen) atoms. The van der Waals surface area contributed by atoms with E-state index in [1.807, 2.05) is 0 Å². The lowest BCUT2D eigenvalue weighted by molar-refractivity contribution is 0.0258. The van der Waals surface area contributed by atoms with Gasteiger partial charge in [0.2, 0.25) is 0 Å². The van der Waals surface area contributed by atoms with Crippen LogP contribution in [-0.2, 0) is 4.74 Å². The second-order valence-electron chi connectivity index (χ2n) is 5.83. The van der Waals surface area contributed by atoms with Crippen LogP contribution in [-0.4, -0.2) is 61.1 Å². The first-order chi connectivity index (χ1) is 8.57. The van der Waals surface area contributed by atoms with Gasteiger partial charge in [0.05, 0.1) is 0 Å². The van der Waals surface area contributed by atoms with Crippen molar-refractivity contribution in [3.05, 3.63) is 0 Å². The van der Waals surface area contributed by atoms with E-state index < -0.39 is 25.1 Å². The first kappa shape index (κ1) is 16.1. The molecule has 0 saturated carbocycles. The second-order valence-corrected chi connectivity index (χ2v) is 5.83. The van der Waals surface area contributed by atoms with Crippen LogP contribution in [0, 0.1) is 0 Å². The summed E-state index contributed by atoms with van der Waals surface area (Å²) in [6, 6.07) is 0. The number of hydrogen-bond acceptors (Lipinski definition) is 3. The fraction of sp³-hybridized carbons (Fsp3) is 0.909. The van der Waals surface area contributed by atoms with Crippen molar-refractivity contribution in [1.82, 2.24) is 9.80 Å². The number of amides is 1. The Morgan fingerprint density at radius 3 is 2.37 bits per heavy atom. The Labute approximate surface area is 113 Å². The molecule has 1 aliphatic rings. The average Bonchev–Trinajstić information content (AvgIpc) is 2.38. The quantitative estimate of drug-likeness (QED) is 0.729. The van der Waals surface area contributed by atoms with Gasteiger partial charge in [-0.15, -0.1) is 0 Å². The van der Waals surface area contributed by atoms with Crippen LogP contribution in [0.1, 0.15) is 28.6 Å². The second kappa shape index (κ2) is 6.03. The third-order valence-electron chi connectivity index (χ3n) is 2.71. The highest BCUT2D eigenvalue weighted by molar-refractivity contribution is 6.58. The summed E-state index contributed by atoms with van der Waals surface area (Å²) in [5, 5.41) is 0. The van der Waals surface area contributed by atoms with Gasteiger partial charge in [0.15, 0.2) is 0 Å². The highest BCUT2D eigenvalue weighted by Gasteiger charge is 2.29. The summed E-state index contributed by atoms with van der Waals surface area (Å²) in [4.78, 5) is 14.7. The van der Waals surface area contributed by atoms with Gasteiger partial charge >= 0.3 is 14.5 Å². The van der Waals surface area contributed by atoms with Crippen molar-refractivity contribution in [2.24, 2.45) is 0 Å². The molecule has 1 amide bonds. The predicted octanol–water partition coefficient (Wildman–Crippen LogP) is 2.43. The minimum atomic E-state index is -4.81. The molecular formula is C11H22BF3N2O2. The minimum absolute atomic E-state index is 0. The van der Waals surface area contributed by atoms with E-state index in [1.54, 1.807) is 20.8 Å². The average molecular weight is 282 g/mol. The van der Waals surface area contributed by atoms with Gasteiger partial charge in [-0.05, 0) is 40.2 Å². The smallest absolute Gasteiger partial charge is 0.448 e. The van der Waals surface area contributed by atoms with E-state index in [1.165, 1.54) is 9.80 Å². The molecule has 1 rings (SSSR count). The Morgan fingerprint density at radius 1 is 1.21 bits per heavy atom. The molecule has 0 radical (unpaired) electrons. The SMILES string of the molecule is CC(C)(C)OC(=O)N1CCCN(C[B-](F)(F)F)CC1.[H+]. The third-order valence-corrected chi connectivity index (χ3v) is 2.71. The normalized spacial score (nSPS) is 19.2. The Morgan fingerprint density at radius 2 is 1.84 bits per heavy atom. The van der Waals surface area contributed by atoms with Gasteiger partial charge in [-0.2, -0.15) is 0 Å². The number of ether oxygens (including phenoxy) is 1. The van der Waals surface area contributed by atoms with Gasteiger partial charge in [0, 0.05) is 19.6 Å². The molecule has 0 aliphatic carbocycles. The van der Waals surface area contributed by atoms with Crippen LogP contribution in [0.5, 0.6) is 0 Å². The highest BCUT2D eigenvalue weighted by Crippen LogP contribution is 2.15. The highest BCUT2D eigenvalue weighted by atomic mass is 19.4. The first-order valence-electron chi connectivity index (χ1n) is 6.48. The fourth-order valence-corrected chi connectivity index (χ4v) is 1.96. The van der Waals surface area contributed by atoms with Crippen molar-refractivity contribution < 1.29 is 23.9 Å². The van der Waals surface area contributed by atoms with Crippen LogP contribution >= 0.6 is 0 Å². The van der Waals surface area contributed by atoms with Crippen LogP contribution < -0.4 is 0 Å². The topological polar surface area (TPSA) is 32.8 Å². The zero-order chi connectivity index (χ0) is 14.7. The fourth-order valence-electron chi connectivity index (χ4n) is 1.96. The maximum atomic E-state index is 12.4. The summed E-state index contributed by atoms with van der Waals surface area (Å²) in [6.07, 6.45) is -0.778. The molecule has 1 aliphatic heterocycles. The van der Waals surface area contributed by atoms with E-state index in [-0.39, 0.29) is 14.5 Å². The zero-order valence-corrected chi connectivity index (χ0v) is 11.7. The maximum Gasteiger partial charge on any atom is 1.00 e. The van der Waals surface area contributed by atoms with E-state index in [0.717, 1.165) is 0 Å². The van der Waals surface area contributed by atoms with E-state index >= 15 is 0 Å². The maximum absolute atomic E-state index is 12.4. The number of carbonyl (C=O) groups excluding carboxylic acids is 1. The van der Waals surface area contributed by atoms with Crippen molar-refractivity contribution in [3.63, 3.8) is 0 Å². The van der Waals surface area contributed by atoms with Crippen molar-refractivity contribution in [2.75, 3.05) is 32.6 Å². The number of nitrogens with zero attached hydrogens (tertiary/aromatic N) is 2. The molecule has 0 atom stereocenters. The van der Waals surface area contributed by atoms with E-state index in [0.29, 0.717) is 19.5 Å². The van der Waals surface area contributed by atoms with Crippen LogP contribution in [0.4, 0.5) is 17.7 Å². The van der Waals surface area contributed by atoms with Crippen molar-refractivity contribution in [3.8, 4) is 0 Å². The van der Waals surface area contributed by atoms with Crippen LogP contribution in [0.3, 0.4) is 0 Å². The molecule has 0 spiro atoms. The summed E-state index contributed by atoms with van der Waals surface area (Å²) >= 11 is 0. The number of rotatable bonds is 2. The Hall–Kier alpha value is -0.915. The first-order valence-corrected chi connectivity index (χ1v) is 6.48. The minimum Gasteiger partial charge on any atom is -0.448 e. The number of halogens is 3. The van der Waals surface area contributed by atoms with E-state index in [2.05, 4.69) is 0 Å². The molecule has 0 aromatic heterocycles. The summed E-state index contributed by atoms with van der Waals surface area (Å²) < 4.78 is 42.3. The molecule has 0 bridgehead atoms. The molecule has 8 heteroatoms. The van der Waals surface area contributed by atoms with Crippen molar-refractivity contribution >= 4 is 13.1 Å². The van der Waals surface area contributed by atoms with Crippen LogP contribution in [0.15, 0.2) is 0 Å². The Balaban J connectivity index is 0.00000361. The largest absolute Gasteiger partial charge is 1.00 e. The van der Waals surface area contributed by atoms with Gasteiger partial charge < -0.3 is 27.5 Å². The van der Waals surface area contributed by atoms with E-state index in [9.17, 15) is 17.7 Å².